The molecule has 3 fully saturated rings. The largest absolute Gasteiger partial charge is 0.393 e. The standard InChI is InChI=1S/C17H30O3/c18-16-8-6-15(7-9-16)14-4-1-13(2-5-14)3-10-17-19-11-12-20-17/h13-18H,1-12H2/t13-,14-,15-,16-. The van der Waals surface area contributed by atoms with Gasteiger partial charge in [-0.05, 0) is 69.1 Å². The summed E-state index contributed by atoms with van der Waals surface area (Å²) in [4.78, 5) is 0. The zero-order valence-corrected chi connectivity index (χ0v) is 12.6. The van der Waals surface area contributed by atoms with Gasteiger partial charge in [0.25, 0.3) is 0 Å². The first-order valence-corrected chi connectivity index (χ1v) is 8.72. The second kappa shape index (κ2) is 7.24. The van der Waals surface area contributed by atoms with Gasteiger partial charge >= 0.3 is 0 Å². The summed E-state index contributed by atoms with van der Waals surface area (Å²) in [5.41, 5.74) is 0. The van der Waals surface area contributed by atoms with Gasteiger partial charge < -0.3 is 14.6 Å². The third kappa shape index (κ3) is 3.96. The average molecular weight is 282 g/mol. The average Bonchev–Trinajstić information content (AvgIpc) is 3.00. The normalized spacial score (nSPS) is 40.0. The predicted octanol–water partition coefficient (Wildman–Crippen LogP) is 3.50. The number of hydrogen-bond donors (Lipinski definition) is 1. The lowest BCUT2D eigenvalue weighted by molar-refractivity contribution is -0.0514. The van der Waals surface area contributed by atoms with Crippen LogP contribution >= 0.6 is 0 Å². The van der Waals surface area contributed by atoms with Crippen molar-refractivity contribution in [2.45, 2.75) is 76.6 Å². The molecule has 1 N–H and O–H groups in total. The Hall–Kier alpha value is -0.120. The van der Waals surface area contributed by atoms with E-state index in [1.54, 1.807) is 0 Å². The van der Waals surface area contributed by atoms with E-state index in [0.717, 1.165) is 50.2 Å². The van der Waals surface area contributed by atoms with E-state index in [1.165, 1.54) is 44.9 Å². The van der Waals surface area contributed by atoms with Crippen LogP contribution in [0.25, 0.3) is 0 Å². The fraction of sp³-hybridized carbons (Fsp3) is 1.00. The van der Waals surface area contributed by atoms with Crippen molar-refractivity contribution in [1.82, 2.24) is 0 Å². The van der Waals surface area contributed by atoms with Crippen molar-refractivity contribution in [3.05, 3.63) is 0 Å². The van der Waals surface area contributed by atoms with Crippen molar-refractivity contribution < 1.29 is 14.6 Å². The second-order valence-electron chi connectivity index (χ2n) is 7.10. The van der Waals surface area contributed by atoms with Crippen LogP contribution in [0.2, 0.25) is 0 Å². The van der Waals surface area contributed by atoms with E-state index in [0.29, 0.717) is 0 Å². The van der Waals surface area contributed by atoms with Crippen LogP contribution in [0.4, 0.5) is 0 Å². The monoisotopic (exact) mass is 282 g/mol. The summed E-state index contributed by atoms with van der Waals surface area (Å²) in [6.45, 7) is 1.57. The van der Waals surface area contributed by atoms with Gasteiger partial charge in [-0.15, -0.1) is 0 Å². The molecule has 0 spiro atoms. The smallest absolute Gasteiger partial charge is 0.157 e. The fourth-order valence-corrected chi connectivity index (χ4v) is 4.47. The maximum absolute atomic E-state index is 9.62. The summed E-state index contributed by atoms with van der Waals surface area (Å²) in [6.07, 6.45) is 12.7. The van der Waals surface area contributed by atoms with Gasteiger partial charge in [-0.25, -0.2) is 0 Å². The first-order chi connectivity index (χ1) is 9.81. The molecule has 1 saturated heterocycles. The van der Waals surface area contributed by atoms with Crippen LogP contribution in [0.1, 0.15) is 64.2 Å². The fourth-order valence-electron chi connectivity index (χ4n) is 4.47. The van der Waals surface area contributed by atoms with E-state index >= 15 is 0 Å². The molecule has 3 rings (SSSR count). The first kappa shape index (κ1) is 14.8. The Labute approximate surface area is 123 Å². The van der Waals surface area contributed by atoms with Crippen molar-refractivity contribution in [2.24, 2.45) is 17.8 Å². The van der Waals surface area contributed by atoms with Crippen molar-refractivity contribution in [3.8, 4) is 0 Å². The van der Waals surface area contributed by atoms with E-state index in [1.807, 2.05) is 0 Å². The highest BCUT2D eigenvalue weighted by atomic mass is 16.7. The molecular weight excluding hydrogens is 252 g/mol. The van der Waals surface area contributed by atoms with E-state index in [2.05, 4.69) is 0 Å². The van der Waals surface area contributed by atoms with Gasteiger partial charge in [-0.1, -0.05) is 12.8 Å². The highest BCUT2D eigenvalue weighted by molar-refractivity contribution is 4.82. The molecule has 0 radical (unpaired) electrons. The molecule has 3 aliphatic rings. The molecule has 116 valence electrons. The number of ether oxygens (including phenoxy) is 2. The molecule has 3 nitrogen and oxygen atoms in total. The maximum atomic E-state index is 9.62. The number of aliphatic hydroxyl groups is 1. The minimum absolute atomic E-state index is 0.00555. The third-order valence-corrected chi connectivity index (χ3v) is 5.80. The summed E-state index contributed by atoms with van der Waals surface area (Å²) in [5.74, 6) is 2.74. The van der Waals surface area contributed by atoms with Crippen LogP contribution in [0.15, 0.2) is 0 Å². The van der Waals surface area contributed by atoms with Crippen LogP contribution < -0.4 is 0 Å². The summed E-state index contributed by atoms with van der Waals surface area (Å²) < 4.78 is 11.0. The summed E-state index contributed by atoms with van der Waals surface area (Å²) in [7, 11) is 0. The lowest BCUT2D eigenvalue weighted by Crippen LogP contribution is -2.27. The molecule has 0 unspecified atom stereocenters. The van der Waals surface area contributed by atoms with Gasteiger partial charge in [0.1, 0.15) is 0 Å². The number of rotatable bonds is 4. The van der Waals surface area contributed by atoms with E-state index in [-0.39, 0.29) is 12.4 Å². The minimum atomic E-state index is -0.00555. The van der Waals surface area contributed by atoms with E-state index in [9.17, 15) is 5.11 Å². The van der Waals surface area contributed by atoms with Crippen molar-refractivity contribution >= 4 is 0 Å². The number of hydrogen-bond acceptors (Lipinski definition) is 3. The first-order valence-electron chi connectivity index (χ1n) is 8.72. The SMILES string of the molecule is O[C@H]1CC[C@H]([C@H]2CC[C@H](CCC3OCCO3)CC2)CC1. The van der Waals surface area contributed by atoms with Crippen LogP contribution in [0, 0.1) is 17.8 Å². The van der Waals surface area contributed by atoms with E-state index in [4.69, 9.17) is 9.47 Å². The lowest BCUT2D eigenvalue weighted by atomic mass is 9.70. The molecule has 0 amide bonds. The predicted molar refractivity (Wildman–Crippen MR) is 78.3 cm³/mol. The van der Waals surface area contributed by atoms with Crippen molar-refractivity contribution in [2.75, 3.05) is 13.2 Å². The molecule has 0 aromatic rings. The Morgan fingerprint density at radius 2 is 1.25 bits per heavy atom. The molecule has 3 heteroatoms. The topological polar surface area (TPSA) is 38.7 Å². The van der Waals surface area contributed by atoms with Crippen LogP contribution in [0.5, 0.6) is 0 Å². The quantitative estimate of drug-likeness (QED) is 0.857. The third-order valence-electron chi connectivity index (χ3n) is 5.80. The Kier molecular flexibility index (Phi) is 5.36. The Balaban J connectivity index is 1.34. The summed E-state index contributed by atoms with van der Waals surface area (Å²) in [5, 5.41) is 9.62. The molecule has 0 aromatic heterocycles. The van der Waals surface area contributed by atoms with Crippen molar-refractivity contribution in [1.29, 1.82) is 0 Å². The maximum Gasteiger partial charge on any atom is 0.157 e. The molecule has 20 heavy (non-hydrogen) atoms. The van der Waals surface area contributed by atoms with Gasteiger partial charge in [-0.2, -0.15) is 0 Å². The van der Waals surface area contributed by atoms with E-state index < -0.39 is 0 Å². The summed E-state index contributed by atoms with van der Waals surface area (Å²) >= 11 is 0. The molecular formula is C17H30O3. The number of aliphatic hydroxyl groups excluding tert-OH is 1. The van der Waals surface area contributed by atoms with Gasteiger partial charge in [0, 0.05) is 0 Å². The zero-order chi connectivity index (χ0) is 13.8. The highest BCUT2D eigenvalue weighted by Gasteiger charge is 2.30. The molecule has 2 saturated carbocycles. The molecule has 0 aromatic carbocycles. The van der Waals surface area contributed by atoms with Gasteiger partial charge in [0.15, 0.2) is 6.29 Å². The zero-order valence-electron chi connectivity index (χ0n) is 12.6. The van der Waals surface area contributed by atoms with Gasteiger partial charge in [0.05, 0.1) is 19.3 Å². The molecule has 1 heterocycles. The Morgan fingerprint density at radius 1 is 0.700 bits per heavy atom. The second-order valence-corrected chi connectivity index (χ2v) is 7.10. The van der Waals surface area contributed by atoms with Crippen LogP contribution in [-0.2, 0) is 9.47 Å². The molecule has 0 atom stereocenters. The Morgan fingerprint density at radius 3 is 1.85 bits per heavy atom. The van der Waals surface area contributed by atoms with Crippen LogP contribution in [0.3, 0.4) is 0 Å². The summed E-state index contributed by atoms with van der Waals surface area (Å²) in [6, 6.07) is 0. The Bertz CT molecular complexity index is 272. The lowest BCUT2D eigenvalue weighted by Gasteiger charge is -2.37. The molecule has 2 aliphatic carbocycles. The molecule has 1 aliphatic heterocycles. The van der Waals surface area contributed by atoms with Gasteiger partial charge in [0.2, 0.25) is 0 Å². The highest BCUT2D eigenvalue weighted by Crippen LogP contribution is 2.41. The van der Waals surface area contributed by atoms with Gasteiger partial charge in [-0.3, -0.25) is 0 Å². The molecule has 0 bridgehead atoms. The van der Waals surface area contributed by atoms with Crippen LogP contribution in [-0.4, -0.2) is 30.7 Å². The van der Waals surface area contributed by atoms with Crippen molar-refractivity contribution in [3.63, 3.8) is 0 Å². The minimum Gasteiger partial charge on any atom is -0.393 e.